The number of carboxylic acids is 1. The van der Waals surface area contributed by atoms with Gasteiger partial charge in [-0.15, -0.1) is 0 Å². The van der Waals surface area contributed by atoms with Crippen molar-refractivity contribution in [3.05, 3.63) is 54.1 Å². The van der Waals surface area contributed by atoms with Crippen molar-refractivity contribution >= 4 is 16.9 Å². The topological polar surface area (TPSA) is 66.0 Å². The lowest BCUT2D eigenvalue weighted by Crippen LogP contribution is -1.98. The summed E-state index contributed by atoms with van der Waals surface area (Å²) >= 11 is 0. The van der Waals surface area contributed by atoms with Crippen LogP contribution in [0.5, 0.6) is 0 Å². The van der Waals surface area contributed by atoms with Crippen LogP contribution < -0.4 is 0 Å². The second kappa shape index (κ2) is 4.20. The molecule has 0 spiro atoms. The molecule has 0 saturated heterocycles. The minimum atomic E-state index is -1.15. The van der Waals surface area contributed by atoms with Gasteiger partial charge in [0.2, 0.25) is 0 Å². The summed E-state index contributed by atoms with van der Waals surface area (Å²) in [6.07, 6.45) is 3.33. The van der Waals surface area contributed by atoms with Gasteiger partial charge in [0, 0.05) is 28.9 Å². The highest BCUT2D eigenvalue weighted by molar-refractivity contribution is 5.94. The number of aromatic carboxylic acids is 1. The quantitative estimate of drug-likeness (QED) is 0.740. The van der Waals surface area contributed by atoms with Crippen molar-refractivity contribution in [3.8, 4) is 11.3 Å². The number of nitrogens with one attached hydrogen (secondary N) is 1. The van der Waals surface area contributed by atoms with Gasteiger partial charge in [0.15, 0.2) is 0 Å². The zero-order valence-electron chi connectivity index (χ0n) is 9.72. The van der Waals surface area contributed by atoms with Gasteiger partial charge in [-0.25, -0.2) is 9.18 Å². The first-order chi connectivity index (χ1) is 9.16. The highest BCUT2D eigenvalue weighted by Gasteiger charge is 2.13. The van der Waals surface area contributed by atoms with Gasteiger partial charge in [-0.3, -0.25) is 4.98 Å². The van der Waals surface area contributed by atoms with Crippen LogP contribution in [0, 0.1) is 5.82 Å². The molecule has 0 bridgehead atoms. The molecule has 0 atom stereocenters. The fourth-order valence-electron chi connectivity index (χ4n) is 2.04. The van der Waals surface area contributed by atoms with Crippen LogP contribution in [0.2, 0.25) is 0 Å². The number of nitrogens with zero attached hydrogens (tertiary/aromatic N) is 1. The molecule has 4 nitrogen and oxygen atoms in total. The number of H-pyrrole nitrogens is 1. The molecule has 0 amide bonds. The number of carboxylic acid groups (broad SMARTS) is 1. The van der Waals surface area contributed by atoms with Gasteiger partial charge in [0.1, 0.15) is 5.82 Å². The van der Waals surface area contributed by atoms with Crippen molar-refractivity contribution in [2.24, 2.45) is 0 Å². The summed E-state index contributed by atoms with van der Waals surface area (Å²) in [4.78, 5) is 18.0. The third-order valence-corrected chi connectivity index (χ3v) is 2.95. The standard InChI is InChI=1S/C14H9FN2O2/c15-11-7-8(14(18)19)1-2-9(11)13-10-3-5-16-12(10)4-6-17-13/h1-7,16H,(H,18,19). The van der Waals surface area contributed by atoms with E-state index in [0.29, 0.717) is 5.69 Å². The summed E-state index contributed by atoms with van der Waals surface area (Å²) in [5.74, 6) is -1.75. The maximum Gasteiger partial charge on any atom is 0.335 e. The molecular formula is C14H9FN2O2. The normalized spacial score (nSPS) is 10.8. The van der Waals surface area contributed by atoms with Crippen LogP contribution in [0.4, 0.5) is 4.39 Å². The summed E-state index contributed by atoms with van der Waals surface area (Å²) in [5, 5.41) is 9.62. The number of halogens is 1. The molecule has 5 heteroatoms. The Kier molecular flexibility index (Phi) is 2.52. The van der Waals surface area contributed by atoms with Gasteiger partial charge in [0.05, 0.1) is 11.3 Å². The number of carbonyl (C=O) groups is 1. The summed E-state index contributed by atoms with van der Waals surface area (Å²) in [7, 11) is 0. The summed E-state index contributed by atoms with van der Waals surface area (Å²) in [6.45, 7) is 0. The number of hydrogen-bond acceptors (Lipinski definition) is 2. The van der Waals surface area contributed by atoms with E-state index in [-0.39, 0.29) is 11.1 Å². The lowest BCUT2D eigenvalue weighted by molar-refractivity contribution is 0.0696. The number of hydrogen-bond donors (Lipinski definition) is 2. The molecule has 3 rings (SSSR count). The number of benzene rings is 1. The largest absolute Gasteiger partial charge is 0.478 e. The second-order valence-corrected chi connectivity index (χ2v) is 4.10. The summed E-state index contributed by atoms with van der Waals surface area (Å²) in [5.41, 5.74) is 1.55. The first-order valence-electron chi connectivity index (χ1n) is 5.62. The Balaban J connectivity index is 2.22. The van der Waals surface area contributed by atoms with Gasteiger partial charge < -0.3 is 10.1 Å². The van der Waals surface area contributed by atoms with Crippen LogP contribution in [0.25, 0.3) is 22.2 Å². The molecular weight excluding hydrogens is 247 g/mol. The Morgan fingerprint density at radius 1 is 1.26 bits per heavy atom. The van der Waals surface area contributed by atoms with E-state index >= 15 is 0 Å². The van der Waals surface area contributed by atoms with E-state index in [9.17, 15) is 9.18 Å². The third kappa shape index (κ3) is 1.85. The molecule has 0 fully saturated rings. The maximum absolute atomic E-state index is 14.0. The molecule has 0 aliphatic heterocycles. The maximum atomic E-state index is 14.0. The number of fused-ring (bicyclic) bond motifs is 1. The molecule has 2 N–H and O–H groups in total. The van der Waals surface area contributed by atoms with Gasteiger partial charge in [-0.1, -0.05) is 0 Å². The van der Waals surface area contributed by atoms with Gasteiger partial charge in [-0.2, -0.15) is 0 Å². The lowest BCUT2D eigenvalue weighted by atomic mass is 10.0. The van der Waals surface area contributed by atoms with Crippen molar-refractivity contribution in [2.75, 3.05) is 0 Å². The van der Waals surface area contributed by atoms with Crippen LogP contribution in [-0.4, -0.2) is 21.0 Å². The molecule has 2 aromatic heterocycles. The monoisotopic (exact) mass is 256 g/mol. The molecule has 0 saturated carbocycles. The third-order valence-electron chi connectivity index (χ3n) is 2.95. The summed E-state index contributed by atoms with van der Waals surface area (Å²) < 4.78 is 14.0. The smallest absolute Gasteiger partial charge is 0.335 e. The molecule has 0 unspecified atom stereocenters. The minimum absolute atomic E-state index is 0.0810. The molecule has 3 aromatic rings. The fraction of sp³-hybridized carbons (Fsp3) is 0. The minimum Gasteiger partial charge on any atom is -0.478 e. The molecule has 94 valence electrons. The van der Waals surface area contributed by atoms with Crippen LogP contribution in [-0.2, 0) is 0 Å². The SMILES string of the molecule is O=C(O)c1ccc(-c2nccc3[nH]ccc23)c(F)c1. The van der Waals surface area contributed by atoms with Gasteiger partial charge in [-0.05, 0) is 30.3 Å². The van der Waals surface area contributed by atoms with Gasteiger partial charge >= 0.3 is 5.97 Å². The number of aromatic nitrogens is 2. The highest BCUT2D eigenvalue weighted by Crippen LogP contribution is 2.28. The molecule has 1 aromatic carbocycles. The first kappa shape index (κ1) is 11.4. The van der Waals surface area contributed by atoms with Crippen molar-refractivity contribution in [1.29, 1.82) is 0 Å². The number of aromatic amines is 1. The summed E-state index contributed by atoms with van der Waals surface area (Å²) in [6, 6.07) is 7.41. The van der Waals surface area contributed by atoms with Crippen molar-refractivity contribution in [2.45, 2.75) is 0 Å². The highest BCUT2D eigenvalue weighted by atomic mass is 19.1. The Morgan fingerprint density at radius 2 is 2.11 bits per heavy atom. The van der Waals surface area contributed by atoms with E-state index in [1.165, 1.54) is 12.1 Å². The van der Waals surface area contributed by atoms with E-state index in [0.717, 1.165) is 17.0 Å². The van der Waals surface area contributed by atoms with E-state index in [1.807, 2.05) is 6.07 Å². The van der Waals surface area contributed by atoms with Crippen molar-refractivity contribution in [1.82, 2.24) is 9.97 Å². The molecule has 0 aliphatic carbocycles. The van der Waals surface area contributed by atoms with Crippen molar-refractivity contribution < 1.29 is 14.3 Å². The zero-order valence-corrected chi connectivity index (χ0v) is 9.72. The van der Waals surface area contributed by atoms with Crippen molar-refractivity contribution in [3.63, 3.8) is 0 Å². The predicted molar refractivity (Wildman–Crippen MR) is 68.4 cm³/mol. The van der Waals surface area contributed by atoms with Gasteiger partial charge in [0.25, 0.3) is 0 Å². The van der Waals surface area contributed by atoms with E-state index in [4.69, 9.17) is 5.11 Å². The molecule has 19 heavy (non-hydrogen) atoms. The zero-order chi connectivity index (χ0) is 13.4. The van der Waals surface area contributed by atoms with Crippen LogP contribution >= 0.6 is 0 Å². The molecule has 0 radical (unpaired) electrons. The van der Waals surface area contributed by atoms with Crippen LogP contribution in [0.3, 0.4) is 0 Å². The molecule has 2 heterocycles. The Hall–Kier alpha value is -2.69. The fourth-order valence-corrected chi connectivity index (χ4v) is 2.04. The van der Waals surface area contributed by atoms with E-state index < -0.39 is 11.8 Å². The number of rotatable bonds is 2. The Labute approximate surface area is 107 Å². The first-order valence-corrected chi connectivity index (χ1v) is 5.62. The van der Waals surface area contributed by atoms with E-state index in [2.05, 4.69) is 9.97 Å². The number of pyridine rings is 1. The predicted octanol–water partition coefficient (Wildman–Crippen LogP) is 3.07. The average molecular weight is 256 g/mol. The lowest BCUT2D eigenvalue weighted by Gasteiger charge is -2.05. The van der Waals surface area contributed by atoms with E-state index in [1.54, 1.807) is 18.5 Å². The Bertz CT molecular complexity index is 780. The van der Waals surface area contributed by atoms with Crippen LogP contribution in [0.1, 0.15) is 10.4 Å². The van der Waals surface area contributed by atoms with Crippen LogP contribution in [0.15, 0.2) is 42.7 Å². The second-order valence-electron chi connectivity index (χ2n) is 4.10. The molecule has 0 aliphatic rings. The Morgan fingerprint density at radius 3 is 2.84 bits per heavy atom. The average Bonchev–Trinajstić information content (AvgIpc) is 2.86.